The molecule has 0 unspecified atom stereocenters. The zero-order valence-electron chi connectivity index (χ0n) is 12.0. The Morgan fingerprint density at radius 2 is 2.10 bits per heavy atom. The van der Waals surface area contributed by atoms with E-state index in [1.807, 2.05) is 24.3 Å². The molecular weight excluding hydrogens is 330 g/mol. The Morgan fingerprint density at radius 1 is 1.29 bits per heavy atom. The molecule has 3 rings (SSSR count). The lowest BCUT2D eigenvalue weighted by atomic mass is 9.88. The lowest BCUT2D eigenvalue weighted by molar-refractivity contribution is -0.605. The highest BCUT2D eigenvalue weighted by atomic mass is 79.9. The van der Waals surface area contributed by atoms with Crippen molar-refractivity contribution in [1.82, 2.24) is 0 Å². The van der Waals surface area contributed by atoms with Gasteiger partial charge in [-0.1, -0.05) is 35.9 Å². The minimum Gasteiger partial charge on any atom is -0.619 e. The Hall–Kier alpha value is -1.81. The highest BCUT2D eigenvalue weighted by Gasteiger charge is 2.25. The van der Waals surface area contributed by atoms with Crippen LogP contribution >= 0.6 is 15.9 Å². The molecule has 0 saturated carbocycles. The van der Waals surface area contributed by atoms with Crippen molar-refractivity contribution in [3.8, 4) is 5.75 Å². The van der Waals surface area contributed by atoms with Crippen LogP contribution in [0.4, 0.5) is 0 Å². The lowest BCUT2D eigenvalue weighted by Crippen LogP contribution is -2.24. The van der Waals surface area contributed by atoms with Gasteiger partial charge in [-0.2, -0.15) is 4.73 Å². The van der Waals surface area contributed by atoms with E-state index in [-0.39, 0.29) is 5.41 Å². The molecule has 0 N–H and O–H groups in total. The molecule has 0 spiro atoms. The molecule has 2 aromatic rings. The van der Waals surface area contributed by atoms with Crippen molar-refractivity contribution >= 4 is 21.5 Å². The summed E-state index contributed by atoms with van der Waals surface area (Å²) in [6.45, 7) is 4.86. The third-order valence-electron chi connectivity index (χ3n) is 3.45. The van der Waals surface area contributed by atoms with Gasteiger partial charge >= 0.3 is 0 Å². The van der Waals surface area contributed by atoms with Gasteiger partial charge in [0.15, 0.2) is 12.4 Å². The molecule has 2 heterocycles. The maximum absolute atomic E-state index is 11.6. The van der Waals surface area contributed by atoms with E-state index in [1.54, 1.807) is 12.3 Å². The van der Waals surface area contributed by atoms with Crippen LogP contribution in [-0.4, -0.2) is 6.61 Å². The number of hydrogen-bond donors (Lipinski definition) is 0. The van der Waals surface area contributed by atoms with E-state index >= 15 is 0 Å². The molecule has 0 amide bonds. The number of ether oxygens (including phenoxy) is 1. The Morgan fingerprint density at radius 3 is 2.86 bits per heavy atom. The van der Waals surface area contributed by atoms with Crippen LogP contribution in [0.3, 0.4) is 0 Å². The second kappa shape index (κ2) is 5.19. The fraction of sp³-hybridized carbons (Fsp3) is 0.235. The predicted octanol–water partition coefficient (Wildman–Crippen LogP) is 3.93. The molecule has 1 aliphatic rings. The highest BCUT2D eigenvalue weighted by molar-refractivity contribution is 9.10. The number of nitrogens with zero attached hydrogens (tertiary/aromatic N) is 1. The standard InChI is InChI=1S/C17H16BrNO2/c1-17(2)9-15(12-4-3-7-19(20)10-12)14-8-13(18)5-6-16(14)21-11-17/h3-10H,11H2,1-2H3. The van der Waals surface area contributed by atoms with Crippen molar-refractivity contribution < 1.29 is 9.47 Å². The Balaban J connectivity index is 2.23. The number of benzene rings is 1. The van der Waals surface area contributed by atoms with Crippen molar-refractivity contribution in [3.05, 3.63) is 69.6 Å². The summed E-state index contributed by atoms with van der Waals surface area (Å²) in [6.07, 6.45) is 5.27. The van der Waals surface area contributed by atoms with Crippen LogP contribution in [0.1, 0.15) is 25.0 Å². The maximum Gasteiger partial charge on any atom is 0.188 e. The molecule has 0 aliphatic carbocycles. The second-order valence-electron chi connectivity index (χ2n) is 5.93. The van der Waals surface area contributed by atoms with Crippen molar-refractivity contribution in [2.75, 3.05) is 6.61 Å². The van der Waals surface area contributed by atoms with Gasteiger partial charge in [0, 0.05) is 27.1 Å². The quantitative estimate of drug-likeness (QED) is 0.579. The van der Waals surface area contributed by atoms with Gasteiger partial charge in [0.25, 0.3) is 0 Å². The lowest BCUT2D eigenvalue weighted by Gasteiger charge is -2.18. The summed E-state index contributed by atoms with van der Waals surface area (Å²) >= 11 is 3.51. The van der Waals surface area contributed by atoms with E-state index < -0.39 is 0 Å². The van der Waals surface area contributed by atoms with Crippen molar-refractivity contribution in [3.63, 3.8) is 0 Å². The molecule has 0 radical (unpaired) electrons. The van der Waals surface area contributed by atoms with Crippen LogP contribution in [0.15, 0.2) is 53.3 Å². The van der Waals surface area contributed by atoms with Crippen molar-refractivity contribution in [2.45, 2.75) is 13.8 Å². The number of hydrogen-bond acceptors (Lipinski definition) is 2. The van der Waals surface area contributed by atoms with Gasteiger partial charge in [-0.05, 0) is 29.8 Å². The first kappa shape index (κ1) is 14.1. The molecule has 1 aliphatic heterocycles. The molecule has 1 aromatic carbocycles. The van der Waals surface area contributed by atoms with Crippen LogP contribution < -0.4 is 9.47 Å². The van der Waals surface area contributed by atoms with Crippen LogP contribution in [0.2, 0.25) is 0 Å². The Labute approximate surface area is 132 Å². The van der Waals surface area contributed by atoms with Gasteiger partial charge in [0.05, 0.1) is 6.61 Å². The molecular formula is C17H16BrNO2. The van der Waals surface area contributed by atoms with Gasteiger partial charge in [0.1, 0.15) is 5.75 Å². The highest BCUT2D eigenvalue weighted by Crippen LogP contribution is 2.39. The number of rotatable bonds is 1. The SMILES string of the molecule is CC1(C)C=C(c2ccc[n+]([O-])c2)c2cc(Br)ccc2OC1. The van der Waals surface area contributed by atoms with E-state index in [4.69, 9.17) is 4.74 Å². The molecule has 21 heavy (non-hydrogen) atoms. The molecule has 108 valence electrons. The van der Waals surface area contributed by atoms with Crippen molar-refractivity contribution in [2.24, 2.45) is 5.41 Å². The topological polar surface area (TPSA) is 36.2 Å². The predicted molar refractivity (Wildman–Crippen MR) is 85.9 cm³/mol. The average Bonchev–Trinajstić information content (AvgIpc) is 2.56. The van der Waals surface area contributed by atoms with Crippen LogP contribution in [0.5, 0.6) is 5.75 Å². The molecule has 4 heteroatoms. The van der Waals surface area contributed by atoms with E-state index in [1.165, 1.54) is 6.20 Å². The minimum atomic E-state index is -0.107. The number of pyridine rings is 1. The van der Waals surface area contributed by atoms with E-state index in [0.717, 1.165) is 31.7 Å². The van der Waals surface area contributed by atoms with Gasteiger partial charge in [0.2, 0.25) is 0 Å². The fourth-order valence-corrected chi connectivity index (χ4v) is 2.83. The summed E-state index contributed by atoms with van der Waals surface area (Å²) in [7, 11) is 0. The van der Waals surface area contributed by atoms with E-state index in [2.05, 4.69) is 35.9 Å². The maximum atomic E-state index is 11.6. The van der Waals surface area contributed by atoms with Gasteiger partial charge in [-0.15, -0.1) is 0 Å². The van der Waals surface area contributed by atoms with Crippen LogP contribution in [0, 0.1) is 10.6 Å². The summed E-state index contributed by atoms with van der Waals surface area (Å²) in [6, 6.07) is 9.67. The number of aromatic nitrogens is 1. The van der Waals surface area contributed by atoms with Crippen molar-refractivity contribution in [1.29, 1.82) is 0 Å². The van der Waals surface area contributed by atoms with E-state index in [0.29, 0.717) is 6.61 Å². The summed E-state index contributed by atoms with van der Waals surface area (Å²) < 4.78 is 7.76. The van der Waals surface area contributed by atoms with Gasteiger partial charge < -0.3 is 9.94 Å². The number of fused-ring (bicyclic) bond motifs is 1. The summed E-state index contributed by atoms with van der Waals surface area (Å²) in [5.74, 6) is 0.844. The van der Waals surface area contributed by atoms with Crippen LogP contribution in [0.25, 0.3) is 5.57 Å². The zero-order chi connectivity index (χ0) is 15.0. The molecule has 3 nitrogen and oxygen atoms in total. The first-order valence-corrected chi connectivity index (χ1v) is 7.59. The smallest absolute Gasteiger partial charge is 0.188 e. The average molecular weight is 346 g/mol. The van der Waals surface area contributed by atoms with Crippen LogP contribution in [-0.2, 0) is 0 Å². The summed E-state index contributed by atoms with van der Waals surface area (Å²) in [5.41, 5.74) is 2.82. The van der Waals surface area contributed by atoms with Gasteiger partial charge in [-0.3, -0.25) is 0 Å². The molecule has 0 fully saturated rings. The van der Waals surface area contributed by atoms with Gasteiger partial charge in [-0.25, -0.2) is 0 Å². The zero-order valence-corrected chi connectivity index (χ0v) is 13.6. The molecule has 0 saturated heterocycles. The molecule has 0 bridgehead atoms. The Bertz CT molecular complexity index is 722. The number of halogens is 1. The summed E-state index contributed by atoms with van der Waals surface area (Å²) in [4.78, 5) is 0. The normalized spacial score (nSPS) is 16.4. The third-order valence-corrected chi connectivity index (χ3v) is 3.95. The first-order valence-electron chi connectivity index (χ1n) is 6.79. The molecule has 0 atom stereocenters. The van der Waals surface area contributed by atoms with E-state index in [9.17, 15) is 5.21 Å². The summed E-state index contributed by atoms with van der Waals surface area (Å²) in [5, 5.41) is 11.6. The molecule has 1 aromatic heterocycles. The monoisotopic (exact) mass is 345 g/mol. The minimum absolute atomic E-state index is 0.107. The first-order chi connectivity index (χ1) is 9.94. The largest absolute Gasteiger partial charge is 0.619 e. The second-order valence-corrected chi connectivity index (χ2v) is 6.84. The Kier molecular flexibility index (Phi) is 3.49. The fourth-order valence-electron chi connectivity index (χ4n) is 2.47. The third kappa shape index (κ3) is 2.95.